The normalized spacial score (nSPS) is 31.0. The van der Waals surface area contributed by atoms with Crippen molar-refractivity contribution < 1.29 is 14.3 Å². The van der Waals surface area contributed by atoms with E-state index in [4.69, 9.17) is 9.47 Å². The van der Waals surface area contributed by atoms with Gasteiger partial charge in [-0.1, -0.05) is 6.42 Å². The van der Waals surface area contributed by atoms with E-state index < -0.39 is 0 Å². The molecule has 1 amide bonds. The number of aliphatic imine (C=N–C) groups is 1. The maximum Gasteiger partial charge on any atom is 0.243 e. The molecule has 164 valence electrons. The van der Waals surface area contributed by atoms with Crippen molar-refractivity contribution in [3.05, 3.63) is 0 Å². The molecular formula is C21H37N5O3. The second-order valence-corrected chi connectivity index (χ2v) is 9.14. The van der Waals surface area contributed by atoms with E-state index in [2.05, 4.69) is 20.5 Å². The Morgan fingerprint density at radius 1 is 1.24 bits per heavy atom. The van der Waals surface area contributed by atoms with E-state index in [1.54, 1.807) is 19.0 Å². The molecule has 2 heterocycles. The fraction of sp³-hybridized carbons (Fsp3) is 0.905. The second-order valence-electron chi connectivity index (χ2n) is 9.14. The Kier molecular flexibility index (Phi) is 6.61. The van der Waals surface area contributed by atoms with Crippen molar-refractivity contribution in [1.82, 2.24) is 20.4 Å². The minimum Gasteiger partial charge on any atom is -0.379 e. The maximum atomic E-state index is 12.1. The maximum absolute atomic E-state index is 12.1. The average Bonchev–Trinajstić information content (AvgIpc) is 3.10. The van der Waals surface area contributed by atoms with Gasteiger partial charge in [0.25, 0.3) is 0 Å². The molecule has 1 spiro atoms. The Bertz CT molecular complexity index is 601. The van der Waals surface area contributed by atoms with Crippen LogP contribution in [0.1, 0.15) is 32.1 Å². The molecule has 3 atom stereocenters. The smallest absolute Gasteiger partial charge is 0.243 e. The van der Waals surface area contributed by atoms with E-state index >= 15 is 0 Å². The number of likely N-dealkylation sites (N-methyl/N-ethyl adjacent to an activating group) is 1. The predicted molar refractivity (Wildman–Crippen MR) is 112 cm³/mol. The van der Waals surface area contributed by atoms with Crippen molar-refractivity contribution >= 4 is 11.9 Å². The van der Waals surface area contributed by atoms with E-state index in [0.717, 1.165) is 64.8 Å². The Balaban J connectivity index is 1.32. The molecule has 2 saturated heterocycles. The molecule has 4 aliphatic rings. The lowest BCUT2D eigenvalue weighted by Gasteiger charge is -2.63. The molecule has 0 aromatic carbocycles. The van der Waals surface area contributed by atoms with Crippen molar-refractivity contribution in [1.29, 1.82) is 0 Å². The predicted octanol–water partition coefficient (Wildman–Crippen LogP) is 0.290. The number of nitrogens with one attached hydrogen (secondary N) is 2. The summed E-state index contributed by atoms with van der Waals surface area (Å²) < 4.78 is 11.5. The number of rotatable bonds is 7. The first-order chi connectivity index (χ1) is 14.1. The summed E-state index contributed by atoms with van der Waals surface area (Å²) in [4.78, 5) is 20.7. The number of carbonyl (C=O) groups excluding carboxylic acids is 1. The van der Waals surface area contributed by atoms with Gasteiger partial charge in [-0.25, -0.2) is 4.99 Å². The van der Waals surface area contributed by atoms with Gasteiger partial charge in [0, 0.05) is 57.7 Å². The highest BCUT2D eigenvalue weighted by Crippen LogP contribution is 2.62. The lowest BCUT2D eigenvalue weighted by molar-refractivity contribution is -0.171. The number of morpholine rings is 1. The minimum atomic E-state index is 0.0217. The molecule has 0 aromatic rings. The molecular weight excluding hydrogens is 370 g/mol. The quantitative estimate of drug-likeness (QED) is 0.359. The fourth-order valence-electron chi connectivity index (χ4n) is 5.38. The first kappa shape index (κ1) is 20.9. The van der Waals surface area contributed by atoms with Crippen molar-refractivity contribution in [3.63, 3.8) is 0 Å². The van der Waals surface area contributed by atoms with Crippen molar-refractivity contribution in [2.24, 2.45) is 16.3 Å². The van der Waals surface area contributed by atoms with Gasteiger partial charge in [-0.05, 0) is 32.2 Å². The minimum absolute atomic E-state index is 0.0217. The van der Waals surface area contributed by atoms with Crippen LogP contribution in [0, 0.1) is 11.3 Å². The summed E-state index contributed by atoms with van der Waals surface area (Å²) >= 11 is 0. The van der Waals surface area contributed by atoms with Gasteiger partial charge in [0.2, 0.25) is 5.91 Å². The molecule has 0 radical (unpaired) electrons. The van der Waals surface area contributed by atoms with Gasteiger partial charge in [-0.3, -0.25) is 9.69 Å². The van der Waals surface area contributed by atoms with E-state index in [1.807, 2.05) is 0 Å². The monoisotopic (exact) mass is 407 g/mol. The SMILES string of the molecule is CN(C)C(=O)CN=C(NCCCN1CCOCC1)NC1C2CCOC2C12CCC2. The summed E-state index contributed by atoms with van der Waals surface area (Å²) in [6, 6.07) is 0.420. The Morgan fingerprint density at radius 3 is 2.72 bits per heavy atom. The van der Waals surface area contributed by atoms with Gasteiger partial charge in [-0.15, -0.1) is 0 Å². The van der Waals surface area contributed by atoms with Gasteiger partial charge >= 0.3 is 0 Å². The summed E-state index contributed by atoms with van der Waals surface area (Å²) in [6.07, 6.45) is 6.39. The third-order valence-electron chi connectivity index (χ3n) is 7.25. The van der Waals surface area contributed by atoms with Crippen LogP contribution in [0.4, 0.5) is 0 Å². The summed E-state index contributed by atoms with van der Waals surface area (Å²) in [6.45, 7) is 6.68. The molecule has 0 aromatic heterocycles. The highest BCUT2D eigenvalue weighted by molar-refractivity contribution is 5.85. The highest BCUT2D eigenvalue weighted by Gasteiger charge is 2.66. The number of guanidine groups is 1. The zero-order chi connectivity index (χ0) is 20.3. The third-order valence-corrected chi connectivity index (χ3v) is 7.25. The lowest BCUT2D eigenvalue weighted by atomic mass is 9.46. The summed E-state index contributed by atoms with van der Waals surface area (Å²) in [7, 11) is 3.55. The van der Waals surface area contributed by atoms with E-state index in [1.165, 1.54) is 19.3 Å². The van der Waals surface area contributed by atoms with Gasteiger partial charge in [-0.2, -0.15) is 0 Å². The van der Waals surface area contributed by atoms with Gasteiger partial charge in [0.1, 0.15) is 6.54 Å². The fourth-order valence-corrected chi connectivity index (χ4v) is 5.38. The highest BCUT2D eigenvalue weighted by atomic mass is 16.5. The molecule has 0 bridgehead atoms. The molecule has 2 aliphatic carbocycles. The van der Waals surface area contributed by atoms with E-state index in [9.17, 15) is 4.79 Å². The Morgan fingerprint density at radius 2 is 2.03 bits per heavy atom. The number of fused-ring (bicyclic) bond motifs is 2. The van der Waals surface area contributed by atoms with Crippen LogP contribution in [0.15, 0.2) is 4.99 Å². The van der Waals surface area contributed by atoms with Crippen LogP contribution in [0.2, 0.25) is 0 Å². The number of ether oxygens (including phenoxy) is 2. The first-order valence-corrected chi connectivity index (χ1v) is 11.3. The number of amides is 1. The topological polar surface area (TPSA) is 78.4 Å². The Hall–Kier alpha value is -1.38. The van der Waals surface area contributed by atoms with Gasteiger partial charge < -0.3 is 25.0 Å². The van der Waals surface area contributed by atoms with Crippen LogP contribution in [-0.2, 0) is 14.3 Å². The van der Waals surface area contributed by atoms with Gasteiger partial charge in [0.15, 0.2) is 5.96 Å². The third kappa shape index (κ3) is 4.39. The first-order valence-electron chi connectivity index (χ1n) is 11.3. The molecule has 8 nitrogen and oxygen atoms in total. The largest absolute Gasteiger partial charge is 0.379 e. The summed E-state index contributed by atoms with van der Waals surface area (Å²) in [5, 5.41) is 7.19. The molecule has 4 fully saturated rings. The van der Waals surface area contributed by atoms with Crippen LogP contribution < -0.4 is 10.6 Å². The van der Waals surface area contributed by atoms with Crippen LogP contribution >= 0.6 is 0 Å². The van der Waals surface area contributed by atoms with Crippen molar-refractivity contribution in [3.8, 4) is 0 Å². The van der Waals surface area contributed by atoms with Crippen LogP contribution in [0.3, 0.4) is 0 Å². The molecule has 2 N–H and O–H groups in total. The Labute approximate surface area is 174 Å². The zero-order valence-corrected chi connectivity index (χ0v) is 18.0. The molecule has 2 aliphatic heterocycles. The van der Waals surface area contributed by atoms with Crippen LogP contribution in [0.5, 0.6) is 0 Å². The van der Waals surface area contributed by atoms with Crippen LogP contribution in [-0.4, -0.2) is 100 Å². The molecule has 4 rings (SSSR count). The lowest BCUT2D eigenvalue weighted by Crippen LogP contribution is -2.72. The number of hydrogen-bond acceptors (Lipinski definition) is 5. The number of nitrogens with zero attached hydrogens (tertiary/aromatic N) is 3. The van der Waals surface area contributed by atoms with Crippen molar-refractivity contribution in [2.75, 3.05) is 66.6 Å². The van der Waals surface area contributed by atoms with Crippen LogP contribution in [0.25, 0.3) is 0 Å². The van der Waals surface area contributed by atoms with E-state index in [0.29, 0.717) is 23.5 Å². The standard InChI is InChI=1S/C21H37N5O3/c1-25(2)17(27)15-23-20(22-8-4-9-26-10-13-28-14-11-26)24-18-16-5-12-29-19(16)21(18)6-3-7-21/h16,18-19H,3-15H2,1-2H3,(H2,22,23,24). The van der Waals surface area contributed by atoms with Crippen molar-refractivity contribution in [2.45, 2.75) is 44.2 Å². The number of carbonyl (C=O) groups is 1. The summed E-state index contributed by atoms with van der Waals surface area (Å²) in [5.74, 6) is 1.39. The second kappa shape index (κ2) is 9.18. The molecule has 29 heavy (non-hydrogen) atoms. The average molecular weight is 408 g/mol. The summed E-state index contributed by atoms with van der Waals surface area (Å²) in [5.41, 5.74) is 0.295. The molecule has 8 heteroatoms. The van der Waals surface area contributed by atoms with Gasteiger partial charge in [0.05, 0.1) is 19.3 Å². The van der Waals surface area contributed by atoms with E-state index in [-0.39, 0.29) is 12.5 Å². The molecule has 3 unspecified atom stereocenters. The zero-order valence-electron chi connectivity index (χ0n) is 18.0. The molecule has 2 saturated carbocycles. The number of hydrogen-bond donors (Lipinski definition) is 2.